The molecule has 1 amide bonds. The molecule has 2 N–H and O–H groups in total. The monoisotopic (exact) mass is 441 g/mol. The number of nitrogens with zero attached hydrogens (tertiary/aromatic N) is 5. The molecule has 0 aliphatic rings. The number of alkyl halides is 4. The molecule has 2 aromatic heterocycles. The van der Waals surface area contributed by atoms with Crippen molar-refractivity contribution in [2.24, 2.45) is 0 Å². The standard InChI is InChI=1S/C17H12ClF4N7O/c18-13-6-14(24-8-23-13)26-27-15(30)1-2-29-9-25-16(28-29)11-3-10(7-19)4-12(5-11)17(20,21)22/h1-6,8-9H,7H2,(H,27,30)(H,23,24,26)/b2-1-. The van der Waals surface area contributed by atoms with Crippen molar-refractivity contribution in [1.29, 1.82) is 0 Å². The fraction of sp³-hybridized carbons (Fsp3) is 0.118. The second-order valence-corrected chi connectivity index (χ2v) is 6.14. The number of anilines is 1. The van der Waals surface area contributed by atoms with E-state index >= 15 is 0 Å². The van der Waals surface area contributed by atoms with Gasteiger partial charge in [0.05, 0.1) is 5.56 Å². The van der Waals surface area contributed by atoms with Gasteiger partial charge >= 0.3 is 6.18 Å². The van der Waals surface area contributed by atoms with Crippen LogP contribution >= 0.6 is 11.6 Å². The van der Waals surface area contributed by atoms with E-state index in [1.54, 1.807) is 0 Å². The Bertz CT molecular complexity index is 1080. The highest BCUT2D eigenvalue weighted by Crippen LogP contribution is 2.32. The first-order valence-corrected chi connectivity index (χ1v) is 8.53. The van der Waals surface area contributed by atoms with E-state index in [1.807, 2.05) is 0 Å². The third-order valence-corrected chi connectivity index (χ3v) is 3.77. The maximum Gasteiger partial charge on any atom is 0.416 e. The SMILES string of the molecule is O=C(/C=C\n1cnc(-c2cc(CF)cc(C(F)(F)F)c2)n1)NNc1cc(Cl)ncn1. The third kappa shape index (κ3) is 5.50. The Morgan fingerprint density at radius 2 is 1.97 bits per heavy atom. The molecule has 0 saturated heterocycles. The zero-order chi connectivity index (χ0) is 21.7. The van der Waals surface area contributed by atoms with Crippen LogP contribution in [0, 0.1) is 0 Å². The van der Waals surface area contributed by atoms with E-state index in [4.69, 9.17) is 11.6 Å². The number of halogens is 5. The number of amides is 1. The minimum absolute atomic E-state index is 0.00335. The van der Waals surface area contributed by atoms with Gasteiger partial charge in [0.1, 0.15) is 30.3 Å². The Morgan fingerprint density at radius 1 is 1.17 bits per heavy atom. The Balaban J connectivity index is 1.69. The number of hydrazine groups is 1. The molecule has 13 heteroatoms. The molecular formula is C17H12ClF4N7O. The zero-order valence-electron chi connectivity index (χ0n) is 14.9. The van der Waals surface area contributed by atoms with Gasteiger partial charge in [0.2, 0.25) is 0 Å². The predicted octanol–water partition coefficient (Wildman–Crippen LogP) is 3.49. The summed E-state index contributed by atoms with van der Waals surface area (Å²) < 4.78 is 53.0. The van der Waals surface area contributed by atoms with E-state index in [0.29, 0.717) is 0 Å². The molecule has 0 unspecified atom stereocenters. The molecule has 0 spiro atoms. The molecule has 0 radical (unpaired) electrons. The van der Waals surface area contributed by atoms with Gasteiger partial charge in [0, 0.05) is 23.9 Å². The molecule has 156 valence electrons. The van der Waals surface area contributed by atoms with Crippen molar-refractivity contribution in [3.05, 3.63) is 59.3 Å². The van der Waals surface area contributed by atoms with Crippen LogP contribution in [0.5, 0.6) is 0 Å². The molecule has 3 aromatic rings. The molecule has 30 heavy (non-hydrogen) atoms. The summed E-state index contributed by atoms with van der Waals surface area (Å²) >= 11 is 5.69. The number of hydrogen-bond acceptors (Lipinski definition) is 6. The second kappa shape index (κ2) is 8.86. The molecule has 0 bridgehead atoms. The van der Waals surface area contributed by atoms with Gasteiger partial charge in [-0.3, -0.25) is 15.6 Å². The van der Waals surface area contributed by atoms with Crippen molar-refractivity contribution in [1.82, 2.24) is 30.2 Å². The highest BCUT2D eigenvalue weighted by Gasteiger charge is 2.31. The van der Waals surface area contributed by atoms with E-state index in [1.165, 1.54) is 31.0 Å². The van der Waals surface area contributed by atoms with Crippen molar-refractivity contribution in [3.63, 3.8) is 0 Å². The minimum atomic E-state index is -4.64. The lowest BCUT2D eigenvalue weighted by Gasteiger charge is -2.09. The Labute approximate surface area is 171 Å². The van der Waals surface area contributed by atoms with Crippen LogP contribution in [0.4, 0.5) is 23.4 Å². The van der Waals surface area contributed by atoms with Crippen molar-refractivity contribution >= 4 is 29.5 Å². The first kappa shape index (κ1) is 21.2. The number of benzene rings is 1. The van der Waals surface area contributed by atoms with Crippen molar-refractivity contribution in [2.45, 2.75) is 12.9 Å². The Morgan fingerprint density at radius 3 is 2.67 bits per heavy atom. The van der Waals surface area contributed by atoms with Gasteiger partial charge in [-0.05, 0) is 23.8 Å². The smallest absolute Gasteiger partial charge is 0.281 e. The lowest BCUT2D eigenvalue weighted by Crippen LogP contribution is -2.28. The predicted molar refractivity (Wildman–Crippen MR) is 99.4 cm³/mol. The molecule has 3 rings (SSSR count). The number of carbonyl (C=O) groups is 1. The Hall–Kier alpha value is -3.54. The average molecular weight is 442 g/mol. The molecular weight excluding hydrogens is 430 g/mol. The Kier molecular flexibility index (Phi) is 6.26. The first-order chi connectivity index (χ1) is 14.2. The summed E-state index contributed by atoms with van der Waals surface area (Å²) in [6.45, 7) is -1.07. The molecule has 0 aliphatic heterocycles. The zero-order valence-corrected chi connectivity index (χ0v) is 15.6. The van der Waals surface area contributed by atoms with E-state index < -0.39 is 24.3 Å². The number of carbonyl (C=O) groups excluding carboxylic acids is 1. The van der Waals surface area contributed by atoms with Crippen molar-refractivity contribution in [2.75, 3.05) is 5.43 Å². The number of nitrogens with one attached hydrogen (secondary N) is 2. The maximum absolute atomic E-state index is 13.0. The number of hydrogen-bond donors (Lipinski definition) is 2. The summed E-state index contributed by atoms with van der Waals surface area (Å²) in [6, 6.07) is 4.16. The largest absolute Gasteiger partial charge is 0.416 e. The number of aromatic nitrogens is 5. The summed E-state index contributed by atoms with van der Waals surface area (Å²) in [5, 5.41) is 4.15. The van der Waals surface area contributed by atoms with Crippen LogP contribution < -0.4 is 10.9 Å². The van der Waals surface area contributed by atoms with Crippen LogP contribution in [0.15, 0.2) is 43.0 Å². The van der Waals surface area contributed by atoms with Gasteiger partial charge in [-0.1, -0.05) is 11.6 Å². The number of rotatable bonds is 6. The molecule has 0 fully saturated rings. The maximum atomic E-state index is 13.0. The van der Waals surface area contributed by atoms with Gasteiger partial charge in [-0.25, -0.2) is 24.0 Å². The lowest BCUT2D eigenvalue weighted by molar-refractivity contribution is -0.137. The lowest BCUT2D eigenvalue weighted by atomic mass is 10.1. The molecule has 2 heterocycles. The van der Waals surface area contributed by atoms with Crippen LogP contribution in [0.2, 0.25) is 5.15 Å². The van der Waals surface area contributed by atoms with Gasteiger partial charge in [0.15, 0.2) is 5.82 Å². The molecule has 0 atom stereocenters. The highest BCUT2D eigenvalue weighted by atomic mass is 35.5. The van der Waals surface area contributed by atoms with E-state index in [9.17, 15) is 22.4 Å². The van der Waals surface area contributed by atoms with E-state index in [2.05, 4.69) is 30.9 Å². The fourth-order valence-corrected chi connectivity index (χ4v) is 2.40. The van der Waals surface area contributed by atoms with Crippen molar-refractivity contribution in [3.8, 4) is 11.4 Å². The van der Waals surface area contributed by atoms with E-state index in [0.717, 1.165) is 22.9 Å². The van der Waals surface area contributed by atoms with Crippen LogP contribution in [0.1, 0.15) is 11.1 Å². The van der Waals surface area contributed by atoms with Crippen LogP contribution in [-0.2, 0) is 17.6 Å². The van der Waals surface area contributed by atoms with E-state index in [-0.39, 0.29) is 27.9 Å². The second-order valence-electron chi connectivity index (χ2n) is 5.75. The minimum Gasteiger partial charge on any atom is -0.281 e. The molecule has 1 aromatic carbocycles. The fourth-order valence-electron chi connectivity index (χ4n) is 2.25. The molecule has 0 aliphatic carbocycles. The summed E-state index contributed by atoms with van der Waals surface area (Å²) in [5.41, 5.74) is 3.67. The van der Waals surface area contributed by atoms with Crippen LogP contribution in [0.3, 0.4) is 0 Å². The first-order valence-electron chi connectivity index (χ1n) is 8.15. The van der Waals surface area contributed by atoms with Crippen LogP contribution in [0.25, 0.3) is 17.6 Å². The third-order valence-electron chi connectivity index (χ3n) is 3.57. The van der Waals surface area contributed by atoms with Crippen molar-refractivity contribution < 1.29 is 22.4 Å². The average Bonchev–Trinajstić information content (AvgIpc) is 3.19. The topological polar surface area (TPSA) is 97.6 Å². The molecule has 8 nitrogen and oxygen atoms in total. The summed E-state index contributed by atoms with van der Waals surface area (Å²) in [7, 11) is 0. The van der Waals surface area contributed by atoms with Gasteiger partial charge in [-0.15, -0.1) is 5.10 Å². The highest BCUT2D eigenvalue weighted by molar-refractivity contribution is 6.29. The normalized spacial score (nSPS) is 11.6. The van der Waals surface area contributed by atoms with Gasteiger partial charge < -0.3 is 0 Å². The quantitative estimate of drug-likeness (QED) is 0.263. The summed E-state index contributed by atoms with van der Waals surface area (Å²) in [6.07, 6.45) is 0.0662. The molecule has 0 saturated carbocycles. The van der Waals surface area contributed by atoms with Gasteiger partial charge in [0.25, 0.3) is 5.91 Å². The van der Waals surface area contributed by atoms with Crippen LogP contribution in [-0.4, -0.2) is 30.6 Å². The summed E-state index contributed by atoms with van der Waals surface area (Å²) in [5.74, 6) is -0.386. The summed E-state index contributed by atoms with van der Waals surface area (Å²) in [4.78, 5) is 23.2. The van der Waals surface area contributed by atoms with Gasteiger partial charge in [-0.2, -0.15) is 13.2 Å².